The van der Waals surface area contributed by atoms with Crippen LogP contribution in [0.25, 0.3) is 0 Å². The van der Waals surface area contributed by atoms with Crippen molar-refractivity contribution in [1.82, 2.24) is 4.57 Å². The number of aryl methyl sites for hydroxylation is 1. The summed E-state index contributed by atoms with van der Waals surface area (Å²) in [6.45, 7) is 2.37. The number of nitrogens with one attached hydrogen (secondary N) is 1. The number of hydrogen-bond donors (Lipinski definition) is 1. The molecule has 3 rings (SSSR count). The van der Waals surface area contributed by atoms with Gasteiger partial charge in [-0.2, -0.15) is 0 Å². The Labute approximate surface area is 146 Å². The number of sulfone groups is 1. The molecule has 7 heteroatoms. The minimum Gasteiger partial charge on any atom is -0.320 e. The molecule has 1 amide bonds. The van der Waals surface area contributed by atoms with Gasteiger partial charge in [-0.15, -0.1) is 0 Å². The van der Waals surface area contributed by atoms with Crippen molar-refractivity contribution in [3.05, 3.63) is 64.1 Å². The first-order valence-corrected chi connectivity index (χ1v) is 9.86. The molecule has 0 saturated carbocycles. The van der Waals surface area contributed by atoms with E-state index in [1.54, 1.807) is 12.3 Å². The first kappa shape index (κ1) is 17.4. The van der Waals surface area contributed by atoms with Crippen molar-refractivity contribution in [3.8, 4) is 0 Å². The third-order valence-corrected chi connectivity index (χ3v) is 6.55. The molecule has 1 unspecified atom stereocenters. The van der Waals surface area contributed by atoms with E-state index in [1.807, 2.05) is 31.2 Å². The van der Waals surface area contributed by atoms with Gasteiger partial charge in [0.05, 0.1) is 12.3 Å². The number of aromatic nitrogens is 1. The van der Waals surface area contributed by atoms with Crippen LogP contribution in [0.1, 0.15) is 24.0 Å². The van der Waals surface area contributed by atoms with Crippen molar-refractivity contribution in [1.29, 1.82) is 0 Å². The number of anilines is 1. The molecule has 1 aliphatic rings. The molecule has 1 atom stereocenters. The molecule has 0 bridgehead atoms. The number of carbonyl (C=O) groups excluding carboxylic acids is 1. The lowest BCUT2D eigenvalue weighted by Crippen LogP contribution is -2.34. The van der Waals surface area contributed by atoms with Crippen LogP contribution in [0.3, 0.4) is 0 Å². The molecule has 1 saturated heterocycles. The third-order valence-electron chi connectivity index (χ3n) is 4.37. The molecule has 0 radical (unpaired) electrons. The van der Waals surface area contributed by atoms with Gasteiger partial charge in [-0.1, -0.05) is 29.8 Å². The summed E-state index contributed by atoms with van der Waals surface area (Å²) in [5.74, 6) is -0.597. The molecule has 1 aliphatic heterocycles. The molecular weight excluding hydrogens is 340 g/mol. The molecular formula is C18H20N2O4S. The van der Waals surface area contributed by atoms with Crippen molar-refractivity contribution in [2.24, 2.45) is 0 Å². The van der Waals surface area contributed by atoms with Gasteiger partial charge in [-0.05, 0) is 37.5 Å². The van der Waals surface area contributed by atoms with Gasteiger partial charge in [0.2, 0.25) is 5.91 Å². The number of pyridine rings is 1. The lowest BCUT2D eigenvalue weighted by atomic mass is 10.1. The van der Waals surface area contributed by atoms with Gasteiger partial charge in [-0.25, -0.2) is 8.42 Å². The highest BCUT2D eigenvalue weighted by Gasteiger charge is 2.37. The summed E-state index contributed by atoms with van der Waals surface area (Å²) >= 11 is 0. The molecule has 1 aromatic heterocycles. The number of nitrogens with zero attached hydrogens (tertiary/aromatic N) is 1. The second-order valence-corrected chi connectivity index (χ2v) is 8.63. The van der Waals surface area contributed by atoms with E-state index in [-0.39, 0.29) is 17.0 Å². The molecule has 25 heavy (non-hydrogen) atoms. The zero-order valence-electron chi connectivity index (χ0n) is 13.9. The average Bonchev–Trinajstić information content (AvgIpc) is 2.92. The van der Waals surface area contributed by atoms with Gasteiger partial charge in [0.25, 0.3) is 5.56 Å². The van der Waals surface area contributed by atoms with Crippen molar-refractivity contribution >= 4 is 21.4 Å². The second kappa shape index (κ2) is 6.84. The van der Waals surface area contributed by atoms with Crippen LogP contribution in [0.4, 0.5) is 5.69 Å². The van der Waals surface area contributed by atoms with Gasteiger partial charge in [0.15, 0.2) is 9.84 Å². The Morgan fingerprint density at radius 2 is 1.96 bits per heavy atom. The maximum Gasteiger partial charge on any atom is 0.274 e. The Balaban J connectivity index is 1.80. The van der Waals surface area contributed by atoms with Crippen LogP contribution in [0.15, 0.2) is 47.4 Å². The normalized spacial score (nSPS) is 18.8. The van der Waals surface area contributed by atoms with Crippen molar-refractivity contribution < 1.29 is 13.2 Å². The van der Waals surface area contributed by atoms with Gasteiger partial charge >= 0.3 is 0 Å². The summed E-state index contributed by atoms with van der Waals surface area (Å²) in [4.78, 5) is 24.8. The van der Waals surface area contributed by atoms with E-state index < -0.39 is 21.0 Å². The summed E-state index contributed by atoms with van der Waals surface area (Å²) in [5.41, 5.74) is 1.85. The Hall–Kier alpha value is -2.41. The smallest absolute Gasteiger partial charge is 0.274 e. The maximum absolute atomic E-state index is 12.6. The number of carbonyl (C=O) groups is 1. The van der Waals surface area contributed by atoms with Gasteiger partial charge in [0.1, 0.15) is 10.9 Å². The van der Waals surface area contributed by atoms with Crippen LogP contribution in [0.5, 0.6) is 0 Å². The van der Waals surface area contributed by atoms with E-state index in [1.165, 1.54) is 10.6 Å². The van der Waals surface area contributed by atoms with E-state index in [0.29, 0.717) is 19.4 Å². The Morgan fingerprint density at radius 1 is 1.24 bits per heavy atom. The van der Waals surface area contributed by atoms with Gasteiger partial charge < -0.3 is 9.88 Å². The molecule has 0 spiro atoms. The van der Waals surface area contributed by atoms with E-state index in [0.717, 1.165) is 11.1 Å². The zero-order chi connectivity index (χ0) is 18.0. The summed E-state index contributed by atoms with van der Waals surface area (Å²) in [6, 6.07) is 11.0. The van der Waals surface area contributed by atoms with E-state index in [4.69, 9.17) is 0 Å². The highest BCUT2D eigenvalue weighted by Crippen LogP contribution is 2.21. The fraction of sp³-hybridized carbons (Fsp3) is 0.333. The van der Waals surface area contributed by atoms with E-state index in [9.17, 15) is 18.0 Å². The Bertz CT molecular complexity index is 946. The number of benzene rings is 1. The quantitative estimate of drug-likeness (QED) is 0.900. The SMILES string of the molecule is Cc1ccc(Cn2cccc(NC(=O)C3CCCS3(=O)=O)c2=O)cc1. The largest absolute Gasteiger partial charge is 0.320 e. The molecule has 1 N–H and O–H groups in total. The molecule has 2 heterocycles. The molecule has 2 aromatic rings. The number of rotatable bonds is 4. The lowest BCUT2D eigenvalue weighted by molar-refractivity contribution is -0.115. The average molecular weight is 360 g/mol. The van der Waals surface area contributed by atoms with Gasteiger partial charge in [-0.3, -0.25) is 9.59 Å². The van der Waals surface area contributed by atoms with E-state index in [2.05, 4.69) is 5.32 Å². The lowest BCUT2D eigenvalue weighted by Gasteiger charge is -2.12. The van der Waals surface area contributed by atoms with Crippen LogP contribution in [0.2, 0.25) is 0 Å². The summed E-state index contributed by atoms with van der Waals surface area (Å²) in [7, 11) is -3.40. The van der Waals surface area contributed by atoms with Crippen LogP contribution >= 0.6 is 0 Å². The van der Waals surface area contributed by atoms with E-state index >= 15 is 0 Å². The summed E-state index contributed by atoms with van der Waals surface area (Å²) in [6.07, 6.45) is 2.43. The van der Waals surface area contributed by atoms with Crippen molar-refractivity contribution in [3.63, 3.8) is 0 Å². The minimum atomic E-state index is -3.40. The monoisotopic (exact) mass is 360 g/mol. The Kier molecular flexibility index (Phi) is 4.76. The molecule has 1 aromatic carbocycles. The highest BCUT2D eigenvalue weighted by atomic mass is 32.2. The Morgan fingerprint density at radius 3 is 2.60 bits per heavy atom. The summed E-state index contributed by atoms with van der Waals surface area (Å²) < 4.78 is 25.2. The molecule has 6 nitrogen and oxygen atoms in total. The molecule has 132 valence electrons. The first-order chi connectivity index (χ1) is 11.9. The van der Waals surface area contributed by atoms with Crippen LogP contribution < -0.4 is 10.9 Å². The standard InChI is InChI=1S/C18H20N2O4S/c1-13-6-8-14(9-7-13)12-20-10-2-4-15(18(20)22)19-17(21)16-5-3-11-25(16,23)24/h2,4,6-10,16H,3,5,11-12H2,1H3,(H,19,21). The van der Waals surface area contributed by atoms with Crippen LogP contribution in [-0.2, 0) is 21.2 Å². The highest BCUT2D eigenvalue weighted by molar-refractivity contribution is 7.93. The fourth-order valence-electron chi connectivity index (χ4n) is 2.95. The maximum atomic E-state index is 12.6. The predicted molar refractivity (Wildman–Crippen MR) is 96.4 cm³/mol. The van der Waals surface area contributed by atoms with Crippen LogP contribution in [-0.4, -0.2) is 29.9 Å². The second-order valence-electron chi connectivity index (χ2n) is 6.33. The van der Waals surface area contributed by atoms with Crippen molar-refractivity contribution in [2.45, 2.75) is 31.6 Å². The number of hydrogen-bond acceptors (Lipinski definition) is 4. The molecule has 0 aliphatic carbocycles. The van der Waals surface area contributed by atoms with Crippen LogP contribution in [0, 0.1) is 6.92 Å². The minimum absolute atomic E-state index is 0.0253. The fourth-order valence-corrected chi connectivity index (χ4v) is 4.71. The summed E-state index contributed by atoms with van der Waals surface area (Å²) in [5, 5.41) is 1.43. The molecule has 1 fully saturated rings. The van der Waals surface area contributed by atoms with Crippen molar-refractivity contribution in [2.75, 3.05) is 11.1 Å². The zero-order valence-corrected chi connectivity index (χ0v) is 14.8. The topological polar surface area (TPSA) is 85.2 Å². The van der Waals surface area contributed by atoms with Gasteiger partial charge in [0, 0.05) is 6.20 Å². The number of amides is 1. The predicted octanol–water partition coefficient (Wildman–Crippen LogP) is 1.72. The third kappa shape index (κ3) is 3.82. The first-order valence-electron chi connectivity index (χ1n) is 8.14.